The number of carboxylic acids is 1. The number of nitrogens with zero attached hydrogens (tertiary/aromatic N) is 4. The molecule has 278 valence electrons. The van der Waals surface area contributed by atoms with Gasteiger partial charge in [-0.3, -0.25) is 4.79 Å². The van der Waals surface area contributed by atoms with E-state index in [4.69, 9.17) is 24.3 Å². The van der Waals surface area contributed by atoms with E-state index in [9.17, 15) is 14.7 Å². The molecule has 0 bridgehead atoms. The number of carbonyl (C=O) groups is 2. The Bertz CT molecular complexity index is 1700. The van der Waals surface area contributed by atoms with E-state index in [2.05, 4.69) is 35.3 Å². The van der Waals surface area contributed by atoms with E-state index in [0.29, 0.717) is 32.2 Å². The molecule has 3 aromatic rings. The summed E-state index contributed by atoms with van der Waals surface area (Å²) in [4.78, 5) is 33.3. The van der Waals surface area contributed by atoms with Gasteiger partial charge in [0, 0.05) is 36.4 Å². The number of fused-ring (bicyclic) bond motifs is 1. The number of aromatic nitrogens is 3. The van der Waals surface area contributed by atoms with E-state index in [1.54, 1.807) is 0 Å². The van der Waals surface area contributed by atoms with Crippen LogP contribution < -0.4 is 31.3 Å². The normalized spacial score (nSPS) is 22.9. The van der Waals surface area contributed by atoms with E-state index < -0.39 is 32.6 Å². The zero-order valence-electron chi connectivity index (χ0n) is 30.5. The van der Waals surface area contributed by atoms with Crippen LogP contribution in [0.15, 0.2) is 36.4 Å². The van der Waals surface area contributed by atoms with Crippen molar-refractivity contribution in [2.45, 2.75) is 71.1 Å². The van der Waals surface area contributed by atoms with Crippen molar-refractivity contribution in [1.82, 2.24) is 19.7 Å². The molecule has 51 heavy (non-hydrogen) atoms. The fraction of sp³-hybridized carbons (Fsp3) is 0.590. The molecule has 0 radical (unpaired) electrons. The predicted molar refractivity (Wildman–Crippen MR) is 192 cm³/mol. The van der Waals surface area contributed by atoms with Crippen LogP contribution in [-0.4, -0.2) is 98.7 Å². The molecular formula is C39H53IN5O6-. The van der Waals surface area contributed by atoms with Gasteiger partial charge in [-0.1, -0.05) is 13.0 Å². The number of rotatable bonds is 19. The van der Waals surface area contributed by atoms with Crippen LogP contribution in [0.1, 0.15) is 67.2 Å². The summed E-state index contributed by atoms with van der Waals surface area (Å²) in [5, 5.41) is 18.4. The third kappa shape index (κ3) is 9.68. The maximum atomic E-state index is 12.4. The number of carbonyl (C=O) groups excluding carboxylic acids is 1. The van der Waals surface area contributed by atoms with Crippen molar-refractivity contribution in [3.63, 3.8) is 0 Å². The molecule has 2 aromatic heterocycles. The fourth-order valence-corrected chi connectivity index (χ4v) is 8.44. The van der Waals surface area contributed by atoms with Crippen LogP contribution >= 0.6 is 0 Å². The van der Waals surface area contributed by atoms with Gasteiger partial charge in [0.1, 0.15) is 5.82 Å². The average Bonchev–Trinajstić information content (AvgIpc) is 3.47. The summed E-state index contributed by atoms with van der Waals surface area (Å²) in [5.41, 5.74) is 5.98. The molecule has 1 unspecified atom stereocenters. The Morgan fingerprint density at radius 1 is 1.10 bits per heavy atom. The van der Waals surface area contributed by atoms with Crippen LogP contribution in [0.4, 0.5) is 5.82 Å². The Balaban J connectivity index is 1.10. The summed E-state index contributed by atoms with van der Waals surface area (Å²) in [5.74, 6) is 1.18. The molecular weight excluding hydrogens is 761 g/mol. The topological polar surface area (TPSA) is 128 Å². The monoisotopic (exact) mass is 814 g/mol. The molecule has 3 atom stereocenters. The zero-order valence-corrected chi connectivity index (χ0v) is 32.7. The summed E-state index contributed by atoms with van der Waals surface area (Å²) in [6, 6.07) is 12.6. The summed E-state index contributed by atoms with van der Waals surface area (Å²) >= 11 is -0.438. The van der Waals surface area contributed by atoms with E-state index in [1.165, 1.54) is 12.0 Å². The predicted octanol–water partition coefficient (Wildman–Crippen LogP) is 1.98. The SMILES string of the molecule is C[I-]C(=O)COCCOCCOc1cc(-n2nc(C)cc2C)cc([C@@]2(CC(=O)O)CC2CN2CC[C@@](C)(CCc3ccc4c(n3)NCCC4)C2)c1. The molecule has 2 aliphatic heterocycles. The summed E-state index contributed by atoms with van der Waals surface area (Å²) in [7, 11) is 0. The van der Waals surface area contributed by atoms with Gasteiger partial charge >= 0.3 is 117 Å². The maximum absolute atomic E-state index is 12.4. The molecule has 1 aromatic carbocycles. The van der Waals surface area contributed by atoms with Crippen LogP contribution in [0.5, 0.6) is 5.75 Å². The molecule has 1 saturated heterocycles. The molecule has 3 aliphatic rings. The van der Waals surface area contributed by atoms with Gasteiger partial charge in [-0.05, 0) is 94.0 Å². The third-order valence-electron chi connectivity index (χ3n) is 10.8. The minimum atomic E-state index is -0.784. The van der Waals surface area contributed by atoms with Gasteiger partial charge in [-0.25, -0.2) is 9.67 Å². The van der Waals surface area contributed by atoms with Gasteiger partial charge in [0.2, 0.25) is 0 Å². The number of likely N-dealkylation sites (tertiary alicyclic amines) is 1. The molecule has 12 heteroatoms. The molecule has 1 aliphatic carbocycles. The number of aliphatic carboxylic acids is 1. The van der Waals surface area contributed by atoms with Crippen LogP contribution in [0.3, 0.4) is 0 Å². The molecule has 1 saturated carbocycles. The second-order valence-corrected chi connectivity index (χ2v) is 17.2. The molecule has 11 nitrogen and oxygen atoms in total. The average molecular weight is 815 g/mol. The molecule has 4 heterocycles. The number of nitrogens with one attached hydrogen (secondary N) is 1. The number of carboxylic acid groups (broad SMARTS) is 1. The first-order valence-electron chi connectivity index (χ1n) is 18.2. The Morgan fingerprint density at radius 2 is 1.92 bits per heavy atom. The number of aryl methyl sites for hydroxylation is 4. The zero-order chi connectivity index (χ0) is 36.0. The standard InChI is InChI=1S/C39H53IN5O6/c1-27-18-28(2)45(43-27)33-19-30(20-34(21-33)51-17-16-49-14-15-50-25-35(46)40-4)39(23-36(47)48)22-31(39)24-44-13-11-38(3,26-44)10-9-32-8-7-29-6-5-12-41-37(29)42-32/h7-8,18-21,31H,5-6,9-17,22-26H2,1-4H3,(H,41,42)(H,47,48)/q-1/t31?,38-,39+/m1/s1. The quantitative estimate of drug-likeness (QED) is 0.0804. The number of halogens is 1. The minimum absolute atomic E-state index is 0.0758. The van der Waals surface area contributed by atoms with Crippen LogP contribution in [0.2, 0.25) is 0 Å². The Kier molecular flexibility index (Phi) is 12.4. The first-order valence-corrected chi connectivity index (χ1v) is 21.5. The van der Waals surface area contributed by atoms with Gasteiger partial charge in [0.05, 0.1) is 12.1 Å². The van der Waals surface area contributed by atoms with Crippen molar-refractivity contribution < 1.29 is 50.1 Å². The second-order valence-electron chi connectivity index (χ2n) is 14.9. The first-order chi connectivity index (χ1) is 24.6. The number of alkyl halides is 1. The van der Waals surface area contributed by atoms with Gasteiger partial charge in [0.15, 0.2) is 0 Å². The van der Waals surface area contributed by atoms with Crippen molar-refractivity contribution in [2.75, 3.05) is 69.5 Å². The number of ether oxygens (including phenoxy) is 3. The third-order valence-corrected chi connectivity index (χ3v) is 12.3. The molecule has 0 amide bonds. The van der Waals surface area contributed by atoms with E-state index in [1.807, 2.05) is 41.7 Å². The van der Waals surface area contributed by atoms with E-state index in [-0.39, 0.29) is 28.2 Å². The van der Waals surface area contributed by atoms with Crippen LogP contribution in [0, 0.1) is 25.2 Å². The van der Waals surface area contributed by atoms with Gasteiger partial charge in [-0.15, -0.1) is 0 Å². The summed E-state index contributed by atoms with van der Waals surface area (Å²) < 4.78 is 19.4. The summed E-state index contributed by atoms with van der Waals surface area (Å²) in [6.45, 7) is 11.9. The number of pyridine rings is 1. The summed E-state index contributed by atoms with van der Waals surface area (Å²) in [6.07, 6.45) is 6.35. The van der Waals surface area contributed by atoms with Crippen molar-refractivity contribution in [3.8, 4) is 11.4 Å². The second kappa shape index (κ2) is 16.7. The molecule has 2 N–H and O–H groups in total. The van der Waals surface area contributed by atoms with Crippen molar-refractivity contribution >= 4 is 15.6 Å². The van der Waals surface area contributed by atoms with E-state index in [0.717, 1.165) is 92.4 Å². The van der Waals surface area contributed by atoms with Crippen molar-refractivity contribution in [3.05, 3.63) is 64.6 Å². The van der Waals surface area contributed by atoms with Crippen LogP contribution in [-0.2, 0) is 37.3 Å². The van der Waals surface area contributed by atoms with Gasteiger partial charge in [0.25, 0.3) is 0 Å². The van der Waals surface area contributed by atoms with E-state index >= 15 is 0 Å². The van der Waals surface area contributed by atoms with Gasteiger partial charge in [-0.2, -0.15) is 5.10 Å². The Morgan fingerprint density at radius 3 is 2.71 bits per heavy atom. The Labute approximate surface area is 312 Å². The fourth-order valence-electron chi connectivity index (χ4n) is 7.91. The number of hydrogen-bond donors (Lipinski definition) is 2. The van der Waals surface area contributed by atoms with Crippen molar-refractivity contribution in [2.24, 2.45) is 11.3 Å². The van der Waals surface area contributed by atoms with Gasteiger partial charge < -0.3 is 15.3 Å². The first kappa shape index (κ1) is 37.7. The molecule has 0 spiro atoms. The number of anilines is 1. The number of benzene rings is 1. The Hall–Kier alpha value is -3.07. The molecule has 6 rings (SSSR count). The molecule has 2 fully saturated rings. The number of hydrogen-bond acceptors (Lipinski definition) is 9. The van der Waals surface area contributed by atoms with Crippen LogP contribution in [0.25, 0.3) is 5.69 Å². The van der Waals surface area contributed by atoms with Crippen molar-refractivity contribution in [1.29, 1.82) is 0 Å².